The molecule has 3 heterocycles. The molecule has 2 aliphatic rings. The van der Waals surface area contributed by atoms with E-state index in [1.807, 2.05) is 0 Å². The van der Waals surface area contributed by atoms with Crippen molar-refractivity contribution in [3.05, 3.63) is 28.0 Å². The van der Waals surface area contributed by atoms with Crippen molar-refractivity contribution >= 4 is 29.1 Å². The fraction of sp³-hybridized carbons (Fsp3) is 0.600. The molecule has 2 aliphatic heterocycles. The van der Waals surface area contributed by atoms with Crippen LogP contribution < -0.4 is 5.32 Å². The Labute approximate surface area is 134 Å². The lowest BCUT2D eigenvalue weighted by Crippen LogP contribution is -2.43. The van der Waals surface area contributed by atoms with Gasteiger partial charge >= 0.3 is 0 Å². The topological polar surface area (TPSA) is 45.2 Å². The van der Waals surface area contributed by atoms with E-state index in [4.69, 9.17) is 23.2 Å². The first-order chi connectivity index (χ1) is 10.0. The number of hydrogen-bond donors (Lipinski definition) is 1. The Balaban J connectivity index is 1.55. The van der Waals surface area contributed by atoms with E-state index >= 15 is 0 Å². The number of halogens is 2. The van der Waals surface area contributed by atoms with E-state index in [0.717, 1.165) is 6.54 Å². The van der Waals surface area contributed by atoms with Gasteiger partial charge in [-0.05, 0) is 44.7 Å². The predicted molar refractivity (Wildman–Crippen MR) is 83.9 cm³/mol. The molecule has 2 saturated heterocycles. The van der Waals surface area contributed by atoms with Crippen LogP contribution in [0.4, 0.5) is 0 Å². The van der Waals surface area contributed by atoms with Gasteiger partial charge in [0.15, 0.2) is 0 Å². The van der Waals surface area contributed by atoms with Crippen LogP contribution in [0.5, 0.6) is 0 Å². The Hall–Kier alpha value is -0.840. The summed E-state index contributed by atoms with van der Waals surface area (Å²) in [6.45, 7) is 0.722. The molecule has 2 fully saturated rings. The third-order valence-electron chi connectivity index (χ3n) is 4.81. The summed E-state index contributed by atoms with van der Waals surface area (Å²) in [6.07, 6.45) is 6.40. The van der Waals surface area contributed by atoms with Crippen molar-refractivity contribution in [2.24, 2.45) is 5.92 Å². The molecule has 0 spiro atoms. The zero-order valence-corrected chi connectivity index (χ0v) is 13.5. The molecule has 6 heteroatoms. The second-order valence-electron chi connectivity index (χ2n) is 6.09. The molecule has 2 bridgehead atoms. The van der Waals surface area contributed by atoms with Gasteiger partial charge in [-0.25, -0.2) is 4.98 Å². The van der Waals surface area contributed by atoms with Gasteiger partial charge in [-0.15, -0.1) is 0 Å². The Morgan fingerprint density at radius 1 is 1.38 bits per heavy atom. The molecule has 0 aromatic carbocycles. The third-order valence-corrected chi connectivity index (χ3v) is 5.49. The second-order valence-corrected chi connectivity index (χ2v) is 6.86. The minimum Gasteiger partial charge on any atom is -0.352 e. The van der Waals surface area contributed by atoms with Crippen molar-refractivity contribution in [1.82, 2.24) is 15.2 Å². The lowest BCUT2D eigenvalue weighted by atomic mass is 9.91. The average molecular weight is 328 g/mol. The summed E-state index contributed by atoms with van der Waals surface area (Å²) < 4.78 is 0. The minimum absolute atomic E-state index is 0.132. The van der Waals surface area contributed by atoms with Gasteiger partial charge in [-0.2, -0.15) is 0 Å². The molecule has 0 radical (unpaired) electrons. The maximum absolute atomic E-state index is 12.1. The summed E-state index contributed by atoms with van der Waals surface area (Å²) >= 11 is 11.6. The number of carbonyl (C=O) groups is 1. The van der Waals surface area contributed by atoms with Crippen LogP contribution in [0, 0.1) is 5.92 Å². The van der Waals surface area contributed by atoms with Crippen LogP contribution in [0.25, 0.3) is 0 Å². The van der Waals surface area contributed by atoms with Crippen molar-refractivity contribution in [1.29, 1.82) is 0 Å². The number of hydrogen-bond acceptors (Lipinski definition) is 3. The average Bonchev–Trinajstić information content (AvgIpc) is 2.69. The van der Waals surface area contributed by atoms with Crippen molar-refractivity contribution in [3.63, 3.8) is 0 Å². The first-order valence-corrected chi connectivity index (χ1v) is 8.11. The van der Waals surface area contributed by atoms with E-state index in [-0.39, 0.29) is 11.1 Å². The molecule has 1 amide bonds. The molecule has 2 unspecified atom stereocenters. The molecule has 0 aliphatic carbocycles. The number of piperidine rings is 1. The van der Waals surface area contributed by atoms with E-state index in [1.54, 1.807) is 6.07 Å². The number of aromatic nitrogens is 1. The minimum atomic E-state index is -0.132. The predicted octanol–water partition coefficient (Wildman–Crippen LogP) is 2.99. The monoisotopic (exact) mass is 327 g/mol. The van der Waals surface area contributed by atoms with Gasteiger partial charge in [0.25, 0.3) is 5.91 Å². The largest absolute Gasteiger partial charge is 0.352 e. The van der Waals surface area contributed by atoms with Gasteiger partial charge in [-0.3, -0.25) is 4.79 Å². The molecule has 1 aromatic heterocycles. The quantitative estimate of drug-likeness (QED) is 0.868. The van der Waals surface area contributed by atoms with Crippen LogP contribution in [0.1, 0.15) is 36.0 Å². The van der Waals surface area contributed by atoms with Gasteiger partial charge in [-0.1, -0.05) is 23.2 Å². The summed E-state index contributed by atoms with van der Waals surface area (Å²) in [4.78, 5) is 18.5. The molecule has 4 nitrogen and oxygen atoms in total. The van der Waals surface area contributed by atoms with Crippen LogP contribution in [-0.2, 0) is 0 Å². The van der Waals surface area contributed by atoms with Gasteiger partial charge in [0, 0.05) is 24.8 Å². The molecule has 1 N–H and O–H groups in total. The van der Waals surface area contributed by atoms with Crippen LogP contribution >= 0.6 is 23.2 Å². The zero-order chi connectivity index (χ0) is 15.0. The Kier molecular flexibility index (Phi) is 4.38. The molecule has 0 saturated carbocycles. The molecule has 3 rings (SSSR count). The lowest BCUT2D eigenvalue weighted by molar-refractivity contribution is 0.0917. The molecule has 21 heavy (non-hydrogen) atoms. The highest BCUT2D eigenvalue weighted by Gasteiger charge is 2.38. The zero-order valence-electron chi connectivity index (χ0n) is 12.0. The maximum Gasteiger partial charge on any atom is 0.252 e. The van der Waals surface area contributed by atoms with Gasteiger partial charge in [0.2, 0.25) is 0 Å². The Morgan fingerprint density at radius 2 is 2.05 bits per heavy atom. The number of rotatable bonds is 3. The highest BCUT2D eigenvalue weighted by molar-refractivity contribution is 6.41. The molecule has 2 atom stereocenters. The molecule has 1 aromatic rings. The number of carbonyl (C=O) groups excluding carboxylic acids is 1. The summed E-state index contributed by atoms with van der Waals surface area (Å²) in [5.41, 5.74) is 0.459. The fourth-order valence-corrected chi connectivity index (χ4v) is 3.85. The fourth-order valence-electron chi connectivity index (χ4n) is 3.58. The van der Waals surface area contributed by atoms with E-state index in [0.29, 0.717) is 28.6 Å². The van der Waals surface area contributed by atoms with E-state index in [9.17, 15) is 4.79 Å². The normalized spacial score (nSPS) is 28.6. The summed E-state index contributed by atoms with van der Waals surface area (Å²) in [5, 5.41) is 3.53. The summed E-state index contributed by atoms with van der Waals surface area (Å²) in [5.74, 6) is 0.436. The summed E-state index contributed by atoms with van der Waals surface area (Å²) in [7, 11) is 2.22. The number of nitrogens with zero attached hydrogens (tertiary/aromatic N) is 2. The van der Waals surface area contributed by atoms with Gasteiger partial charge in [0.05, 0.1) is 10.6 Å². The second kappa shape index (κ2) is 6.11. The van der Waals surface area contributed by atoms with E-state index in [1.165, 1.54) is 31.9 Å². The number of pyridine rings is 1. The van der Waals surface area contributed by atoms with Crippen LogP contribution in [-0.4, -0.2) is 41.5 Å². The van der Waals surface area contributed by atoms with Crippen LogP contribution in [0.2, 0.25) is 10.2 Å². The van der Waals surface area contributed by atoms with Crippen LogP contribution in [0.15, 0.2) is 12.3 Å². The van der Waals surface area contributed by atoms with Gasteiger partial charge < -0.3 is 10.2 Å². The highest BCUT2D eigenvalue weighted by Crippen LogP contribution is 2.37. The smallest absolute Gasteiger partial charge is 0.252 e. The van der Waals surface area contributed by atoms with Crippen LogP contribution in [0.3, 0.4) is 0 Å². The third kappa shape index (κ3) is 3.17. The SMILES string of the molecule is CN1C2CCC1CC(CNC(=O)c1cnc(Cl)c(Cl)c1)C2. The number of amides is 1. The van der Waals surface area contributed by atoms with Crippen molar-refractivity contribution < 1.29 is 4.79 Å². The lowest BCUT2D eigenvalue weighted by Gasteiger charge is -2.36. The summed E-state index contributed by atoms with van der Waals surface area (Å²) in [6, 6.07) is 2.94. The standard InChI is InChI=1S/C15H19Cl2N3O/c1-20-11-2-3-12(20)5-9(4-11)7-19-15(21)10-6-13(16)14(17)18-8-10/h6,8-9,11-12H,2-5,7H2,1H3,(H,19,21). The van der Waals surface area contributed by atoms with Crippen molar-refractivity contribution in [3.8, 4) is 0 Å². The number of fused-ring (bicyclic) bond motifs is 2. The van der Waals surface area contributed by atoms with Crippen molar-refractivity contribution in [2.75, 3.05) is 13.6 Å². The molecule has 114 valence electrons. The highest BCUT2D eigenvalue weighted by atomic mass is 35.5. The first kappa shape index (κ1) is 15.1. The van der Waals surface area contributed by atoms with E-state index in [2.05, 4.69) is 22.2 Å². The molecular formula is C15H19Cl2N3O. The first-order valence-electron chi connectivity index (χ1n) is 7.35. The Bertz CT molecular complexity index is 538. The molecular weight excluding hydrogens is 309 g/mol. The Morgan fingerprint density at radius 3 is 2.67 bits per heavy atom. The van der Waals surface area contributed by atoms with E-state index < -0.39 is 0 Å². The number of nitrogens with one attached hydrogen (secondary N) is 1. The van der Waals surface area contributed by atoms with Gasteiger partial charge in [0.1, 0.15) is 5.15 Å². The van der Waals surface area contributed by atoms with Crippen molar-refractivity contribution in [2.45, 2.75) is 37.8 Å². The maximum atomic E-state index is 12.1.